The Kier molecular flexibility index (Phi) is 10.2. The number of benzene rings is 2. The molecule has 42 heavy (non-hydrogen) atoms. The number of halogens is 1. The molecule has 0 saturated carbocycles. The summed E-state index contributed by atoms with van der Waals surface area (Å²) in [5.41, 5.74) is 6.83. The van der Waals surface area contributed by atoms with Crippen LogP contribution in [0.5, 0.6) is 5.75 Å². The molecule has 0 radical (unpaired) electrons. The molecule has 218 valence electrons. The Morgan fingerprint density at radius 1 is 0.952 bits per heavy atom. The van der Waals surface area contributed by atoms with Gasteiger partial charge in [0.15, 0.2) is 21.3 Å². The number of rotatable bonds is 12. The van der Waals surface area contributed by atoms with Crippen molar-refractivity contribution in [2.75, 3.05) is 30.0 Å². The van der Waals surface area contributed by atoms with E-state index in [4.69, 9.17) is 26.8 Å². The number of nitrogens with two attached hydrogens (primary N) is 1. The number of amides is 2. The van der Waals surface area contributed by atoms with E-state index in [0.717, 1.165) is 11.8 Å². The maximum Gasteiger partial charge on any atom is 0.277 e. The van der Waals surface area contributed by atoms with Gasteiger partial charge in [-0.2, -0.15) is 0 Å². The second-order valence-corrected chi connectivity index (χ2v) is 11.5. The molecule has 0 aliphatic carbocycles. The molecular weight excluding hydrogens is 582 g/mol. The molecule has 2 heterocycles. The van der Waals surface area contributed by atoms with Crippen LogP contribution in [-0.2, 0) is 21.2 Å². The molecule has 0 bridgehead atoms. The zero-order valence-corrected chi connectivity index (χ0v) is 24.1. The smallest absolute Gasteiger partial charge is 0.277 e. The number of ether oxygens (including phenoxy) is 2. The Labute approximate surface area is 248 Å². The molecule has 1 atom stereocenters. The molecule has 2 aromatic heterocycles. The van der Waals surface area contributed by atoms with E-state index in [1.54, 1.807) is 18.2 Å². The maximum atomic E-state index is 13.4. The van der Waals surface area contributed by atoms with Gasteiger partial charge in [0, 0.05) is 25.2 Å². The first-order chi connectivity index (χ1) is 20.2. The average molecular weight is 610 g/mol. The van der Waals surface area contributed by atoms with Crippen LogP contribution >= 0.6 is 11.6 Å². The number of sulfone groups is 1. The Balaban J connectivity index is 1.54. The number of nitrogens with zero attached hydrogens (tertiary/aromatic N) is 2. The monoisotopic (exact) mass is 609 g/mol. The van der Waals surface area contributed by atoms with Gasteiger partial charge in [-0.05, 0) is 48.0 Å². The highest BCUT2D eigenvalue weighted by molar-refractivity contribution is 7.90. The molecule has 0 unspecified atom stereocenters. The molecule has 13 heteroatoms. The van der Waals surface area contributed by atoms with Gasteiger partial charge < -0.3 is 25.8 Å². The summed E-state index contributed by atoms with van der Waals surface area (Å²) < 4.78 is 36.2. The number of hydrogen-bond acceptors (Lipinski definition) is 9. The number of anilines is 2. The van der Waals surface area contributed by atoms with E-state index in [9.17, 15) is 18.0 Å². The quantitative estimate of drug-likeness (QED) is 0.216. The number of carbonyl (C=O) groups excluding carboxylic acids is 2. The van der Waals surface area contributed by atoms with E-state index in [-0.39, 0.29) is 51.6 Å². The molecule has 0 fully saturated rings. The first-order valence-corrected chi connectivity index (χ1v) is 14.9. The van der Waals surface area contributed by atoms with Crippen LogP contribution in [0.1, 0.15) is 26.4 Å². The number of pyridine rings is 2. The minimum atomic E-state index is -3.62. The predicted molar refractivity (Wildman–Crippen MR) is 159 cm³/mol. The highest BCUT2D eigenvalue weighted by Crippen LogP contribution is 2.26. The highest BCUT2D eigenvalue weighted by atomic mass is 35.5. The van der Waals surface area contributed by atoms with Crippen molar-refractivity contribution in [3.63, 3.8) is 0 Å². The van der Waals surface area contributed by atoms with Crippen LogP contribution in [0.4, 0.5) is 11.5 Å². The zero-order valence-electron chi connectivity index (χ0n) is 22.5. The van der Waals surface area contributed by atoms with Gasteiger partial charge in [0.05, 0.1) is 27.8 Å². The molecule has 2 aromatic carbocycles. The fourth-order valence-corrected chi connectivity index (χ4v) is 4.52. The van der Waals surface area contributed by atoms with Crippen LogP contribution < -0.4 is 21.1 Å². The summed E-state index contributed by atoms with van der Waals surface area (Å²) in [7, 11) is -3.62. The Hall–Kier alpha value is -4.36. The SMILES string of the molecule is CS(=O)(=O)c1ccc(C(=O)Nc2cccnc2C(=O)Nc2ncccc2Cl)c(OC[C@H](CN)OCc2ccccc2)c1. The summed E-state index contributed by atoms with van der Waals surface area (Å²) in [5.74, 6) is -1.20. The number of hydrogen-bond donors (Lipinski definition) is 3. The molecule has 0 saturated heterocycles. The van der Waals surface area contributed by atoms with Crippen molar-refractivity contribution in [2.45, 2.75) is 17.6 Å². The summed E-state index contributed by atoms with van der Waals surface area (Å²) in [5, 5.41) is 5.44. The first-order valence-electron chi connectivity index (χ1n) is 12.7. The first kappa shape index (κ1) is 30.6. The van der Waals surface area contributed by atoms with E-state index in [0.29, 0.717) is 6.61 Å². The van der Waals surface area contributed by atoms with Crippen molar-refractivity contribution in [2.24, 2.45) is 5.73 Å². The summed E-state index contributed by atoms with van der Waals surface area (Å²) in [6, 6.07) is 19.6. The molecule has 4 aromatic rings. The van der Waals surface area contributed by atoms with Gasteiger partial charge in [0.2, 0.25) is 0 Å². The van der Waals surface area contributed by atoms with Gasteiger partial charge in [-0.3, -0.25) is 9.59 Å². The van der Waals surface area contributed by atoms with Crippen LogP contribution in [-0.4, -0.2) is 55.7 Å². The lowest BCUT2D eigenvalue weighted by molar-refractivity contribution is 0.0150. The van der Waals surface area contributed by atoms with Gasteiger partial charge in [0.1, 0.15) is 18.5 Å². The van der Waals surface area contributed by atoms with Gasteiger partial charge in [0.25, 0.3) is 11.8 Å². The molecular formula is C29H28ClN5O6S. The lowest BCUT2D eigenvalue weighted by Gasteiger charge is -2.19. The van der Waals surface area contributed by atoms with Crippen LogP contribution in [0.2, 0.25) is 5.02 Å². The standard InChI is InChI=1S/C29H28ClN5O6S/c1-42(38,39)21-11-12-22(25(15-21)41-18-20(16-31)40-17-19-7-3-2-4-8-19)28(36)34-24-10-6-13-32-26(24)29(37)35-27-23(30)9-5-14-33-27/h2-15,20H,16-18,31H2,1H3,(H,34,36)(H,33,35,37)/t20-/m0/s1. The number of carbonyl (C=O) groups is 2. The third-order valence-electron chi connectivity index (χ3n) is 5.90. The van der Waals surface area contributed by atoms with Crippen molar-refractivity contribution in [3.8, 4) is 5.75 Å². The molecule has 4 N–H and O–H groups in total. The normalized spacial score (nSPS) is 11.9. The lowest BCUT2D eigenvalue weighted by atomic mass is 10.1. The second kappa shape index (κ2) is 14.0. The van der Waals surface area contributed by atoms with Crippen LogP contribution in [0.3, 0.4) is 0 Å². The van der Waals surface area contributed by atoms with Crippen molar-refractivity contribution in [1.29, 1.82) is 0 Å². The summed E-state index contributed by atoms with van der Waals surface area (Å²) in [6.07, 6.45) is 3.36. The van der Waals surface area contributed by atoms with Crippen LogP contribution in [0.15, 0.2) is 90.1 Å². The molecule has 2 amide bonds. The molecule has 4 rings (SSSR count). The average Bonchev–Trinajstić information content (AvgIpc) is 2.98. The van der Waals surface area contributed by atoms with Crippen molar-refractivity contribution in [1.82, 2.24) is 9.97 Å². The third kappa shape index (κ3) is 8.10. The van der Waals surface area contributed by atoms with Gasteiger partial charge in [-0.15, -0.1) is 0 Å². The number of nitrogens with one attached hydrogen (secondary N) is 2. The van der Waals surface area contributed by atoms with Crippen molar-refractivity contribution < 1.29 is 27.5 Å². The predicted octanol–water partition coefficient (Wildman–Crippen LogP) is 3.96. The minimum Gasteiger partial charge on any atom is -0.490 e. The van der Waals surface area contributed by atoms with E-state index >= 15 is 0 Å². The van der Waals surface area contributed by atoms with Crippen LogP contribution in [0.25, 0.3) is 0 Å². The van der Waals surface area contributed by atoms with Crippen molar-refractivity contribution in [3.05, 3.63) is 107 Å². The minimum absolute atomic E-state index is 0.00709. The van der Waals surface area contributed by atoms with E-state index < -0.39 is 27.8 Å². The summed E-state index contributed by atoms with van der Waals surface area (Å²) in [6.45, 7) is 0.356. The third-order valence-corrected chi connectivity index (χ3v) is 7.32. The zero-order chi connectivity index (χ0) is 30.1. The fourth-order valence-electron chi connectivity index (χ4n) is 3.72. The molecule has 0 aliphatic rings. The largest absolute Gasteiger partial charge is 0.490 e. The van der Waals surface area contributed by atoms with Gasteiger partial charge >= 0.3 is 0 Å². The summed E-state index contributed by atoms with van der Waals surface area (Å²) >= 11 is 6.09. The maximum absolute atomic E-state index is 13.4. The van der Waals surface area contributed by atoms with E-state index in [1.807, 2.05) is 30.3 Å². The highest BCUT2D eigenvalue weighted by Gasteiger charge is 2.22. The summed E-state index contributed by atoms with van der Waals surface area (Å²) in [4.78, 5) is 34.5. The molecule has 0 spiro atoms. The van der Waals surface area contributed by atoms with Crippen LogP contribution in [0, 0.1) is 0 Å². The number of aromatic nitrogens is 2. The second-order valence-electron chi connectivity index (χ2n) is 9.04. The van der Waals surface area contributed by atoms with Gasteiger partial charge in [-0.1, -0.05) is 41.9 Å². The van der Waals surface area contributed by atoms with E-state index in [1.165, 1.54) is 36.7 Å². The topological polar surface area (TPSA) is 163 Å². The molecule has 11 nitrogen and oxygen atoms in total. The molecule has 0 aliphatic heterocycles. The Bertz CT molecular complexity index is 1670. The van der Waals surface area contributed by atoms with Gasteiger partial charge in [-0.25, -0.2) is 18.4 Å². The Morgan fingerprint density at radius 3 is 2.40 bits per heavy atom. The fraction of sp³-hybridized carbons (Fsp3) is 0.172. The van der Waals surface area contributed by atoms with E-state index in [2.05, 4.69) is 20.6 Å². The van der Waals surface area contributed by atoms with Crippen molar-refractivity contribution >= 4 is 44.8 Å². The Morgan fingerprint density at radius 2 is 1.69 bits per heavy atom. The lowest BCUT2D eigenvalue weighted by Crippen LogP contribution is -2.30.